The van der Waals surface area contributed by atoms with Crippen molar-refractivity contribution in [1.82, 2.24) is 5.32 Å². The van der Waals surface area contributed by atoms with Gasteiger partial charge < -0.3 is 10.4 Å². The number of amides is 1. The maximum Gasteiger partial charge on any atom is 0.222 e. The molecule has 1 fully saturated rings. The maximum absolute atomic E-state index is 12.1. The third-order valence-electron chi connectivity index (χ3n) is 4.71. The van der Waals surface area contributed by atoms with Crippen molar-refractivity contribution in [3.8, 4) is 0 Å². The standard InChI is InChI=1S/C19H29NO2/c1-15(7-5-10-16-8-3-2-4-9-16)19(22)20-14-17-11-6-12-18(21)13-17/h2-4,8-9,15,17-18,21H,5-7,10-14H2,1H3,(H,20,22). The number of benzene rings is 1. The van der Waals surface area contributed by atoms with Gasteiger partial charge in [-0.3, -0.25) is 4.79 Å². The molecule has 1 aliphatic carbocycles. The molecule has 0 bridgehead atoms. The van der Waals surface area contributed by atoms with Crippen LogP contribution in [0, 0.1) is 11.8 Å². The Balaban J connectivity index is 1.62. The molecule has 0 saturated heterocycles. The summed E-state index contributed by atoms with van der Waals surface area (Å²) in [6.45, 7) is 2.73. The molecule has 3 unspecified atom stereocenters. The zero-order chi connectivity index (χ0) is 15.8. The highest BCUT2D eigenvalue weighted by Crippen LogP contribution is 2.23. The first-order valence-electron chi connectivity index (χ1n) is 8.65. The summed E-state index contributed by atoms with van der Waals surface area (Å²) in [6, 6.07) is 10.4. The van der Waals surface area contributed by atoms with Crippen LogP contribution in [0.2, 0.25) is 0 Å². The molecule has 0 spiro atoms. The molecule has 22 heavy (non-hydrogen) atoms. The van der Waals surface area contributed by atoms with E-state index in [1.807, 2.05) is 13.0 Å². The molecule has 3 nitrogen and oxygen atoms in total. The van der Waals surface area contributed by atoms with Gasteiger partial charge in [0.2, 0.25) is 5.91 Å². The summed E-state index contributed by atoms with van der Waals surface area (Å²) in [6.07, 6.45) is 6.79. The zero-order valence-corrected chi connectivity index (χ0v) is 13.6. The van der Waals surface area contributed by atoms with Gasteiger partial charge >= 0.3 is 0 Å². The van der Waals surface area contributed by atoms with Crippen LogP contribution in [-0.2, 0) is 11.2 Å². The minimum atomic E-state index is -0.168. The molecular formula is C19H29NO2. The quantitative estimate of drug-likeness (QED) is 0.812. The fraction of sp³-hybridized carbons (Fsp3) is 0.632. The van der Waals surface area contributed by atoms with Crippen LogP contribution in [0.4, 0.5) is 0 Å². The number of hydrogen-bond donors (Lipinski definition) is 2. The van der Waals surface area contributed by atoms with Crippen LogP contribution in [0.25, 0.3) is 0 Å². The summed E-state index contributed by atoms with van der Waals surface area (Å²) >= 11 is 0. The van der Waals surface area contributed by atoms with Crippen LogP contribution >= 0.6 is 0 Å². The van der Waals surface area contributed by atoms with Crippen LogP contribution < -0.4 is 5.32 Å². The Hall–Kier alpha value is -1.35. The topological polar surface area (TPSA) is 49.3 Å². The molecule has 3 atom stereocenters. The van der Waals surface area contributed by atoms with Crippen LogP contribution in [0.1, 0.15) is 51.0 Å². The van der Waals surface area contributed by atoms with Gasteiger partial charge in [0.05, 0.1) is 6.10 Å². The van der Waals surface area contributed by atoms with Crippen LogP contribution in [0.5, 0.6) is 0 Å². The van der Waals surface area contributed by atoms with Crippen LogP contribution in [0.3, 0.4) is 0 Å². The Kier molecular flexibility index (Phi) is 6.91. The Morgan fingerprint density at radius 1 is 1.32 bits per heavy atom. The Morgan fingerprint density at radius 3 is 2.82 bits per heavy atom. The second-order valence-corrected chi connectivity index (χ2v) is 6.71. The van der Waals surface area contributed by atoms with Crippen molar-refractivity contribution in [2.75, 3.05) is 6.54 Å². The third kappa shape index (κ3) is 5.80. The van der Waals surface area contributed by atoms with Gasteiger partial charge in [0, 0.05) is 12.5 Å². The first kappa shape index (κ1) is 17.0. The van der Waals surface area contributed by atoms with E-state index >= 15 is 0 Å². The molecule has 2 N–H and O–H groups in total. The number of carbonyl (C=O) groups is 1. The van der Waals surface area contributed by atoms with E-state index in [0.717, 1.165) is 51.5 Å². The molecule has 1 aromatic rings. The van der Waals surface area contributed by atoms with Gasteiger partial charge in [0.1, 0.15) is 0 Å². The van der Waals surface area contributed by atoms with Gasteiger partial charge in [-0.15, -0.1) is 0 Å². The van der Waals surface area contributed by atoms with Crippen molar-refractivity contribution in [3.63, 3.8) is 0 Å². The lowest BCUT2D eigenvalue weighted by atomic mass is 9.87. The highest BCUT2D eigenvalue weighted by Gasteiger charge is 2.21. The molecule has 0 aliphatic heterocycles. The molecule has 1 amide bonds. The fourth-order valence-corrected chi connectivity index (χ4v) is 3.26. The van der Waals surface area contributed by atoms with E-state index in [9.17, 15) is 9.90 Å². The molecular weight excluding hydrogens is 274 g/mol. The van der Waals surface area contributed by atoms with E-state index in [1.165, 1.54) is 5.56 Å². The number of nitrogens with one attached hydrogen (secondary N) is 1. The minimum Gasteiger partial charge on any atom is -0.393 e. The molecule has 3 heteroatoms. The molecule has 0 aromatic heterocycles. The van der Waals surface area contributed by atoms with E-state index in [4.69, 9.17) is 0 Å². The largest absolute Gasteiger partial charge is 0.393 e. The second kappa shape index (κ2) is 8.94. The van der Waals surface area contributed by atoms with Crippen LogP contribution in [0.15, 0.2) is 30.3 Å². The SMILES string of the molecule is CC(CCCc1ccccc1)C(=O)NCC1CCCC(O)C1. The second-order valence-electron chi connectivity index (χ2n) is 6.71. The Labute approximate surface area is 134 Å². The molecule has 0 radical (unpaired) electrons. The molecule has 0 heterocycles. The number of aryl methyl sites for hydroxylation is 1. The monoisotopic (exact) mass is 303 g/mol. The smallest absolute Gasteiger partial charge is 0.222 e. The summed E-state index contributed by atoms with van der Waals surface area (Å²) in [5.74, 6) is 0.676. The average Bonchev–Trinajstić information content (AvgIpc) is 2.53. The molecule has 1 aliphatic rings. The summed E-state index contributed by atoms with van der Waals surface area (Å²) in [4.78, 5) is 12.1. The molecule has 122 valence electrons. The lowest BCUT2D eigenvalue weighted by Crippen LogP contribution is -2.35. The molecule has 2 rings (SSSR count). The fourth-order valence-electron chi connectivity index (χ4n) is 3.26. The van der Waals surface area contributed by atoms with E-state index < -0.39 is 0 Å². The summed E-state index contributed by atoms with van der Waals surface area (Å²) in [7, 11) is 0. The molecule has 1 saturated carbocycles. The van der Waals surface area contributed by atoms with Gasteiger partial charge in [0.25, 0.3) is 0 Å². The van der Waals surface area contributed by atoms with Crippen LogP contribution in [-0.4, -0.2) is 23.7 Å². The predicted molar refractivity (Wildman–Crippen MR) is 89.5 cm³/mol. The van der Waals surface area contributed by atoms with Gasteiger partial charge in [-0.05, 0) is 50.0 Å². The van der Waals surface area contributed by atoms with Crippen molar-refractivity contribution in [3.05, 3.63) is 35.9 Å². The van der Waals surface area contributed by atoms with E-state index in [1.54, 1.807) is 0 Å². The van der Waals surface area contributed by atoms with Gasteiger partial charge in [-0.2, -0.15) is 0 Å². The summed E-state index contributed by atoms with van der Waals surface area (Å²) in [5.41, 5.74) is 1.34. The highest BCUT2D eigenvalue weighted by molar-refractivity contribution is 5.78. The normalized spacial score (nSPS) is 23.0. The lowest BCUT2D eigenvalue weighted by molar-refractivity contribution is -0.125. The van der Waals surface area contributed by atoms with Crippen molar-refractivity contribution in [1.29, 1.82) is 0 Å². The highest BCUT2D eigenvalue weighted by atomic mass is 16.3. The number of rotatable bonds is 7. The lowest BCUT2D eigenvalue weighted by Gasteiger charge is -2.26. The predicted octanol–water partition coefficient (Wildman–Crippen LogP) is 3.31. The van der Waals surface area contributed by atoms with Crippen molar-refractivity contribution < 1.29 is 9.90 Å². The average molecular weight is 303 g/mol. The number of hydrogen-bond acceptors (Lipinski definition) is 2. The first-order valence-corrected chi connectivity index (χ1v) is 8.65. The van der Waals surface area contributed by atoms with E-state index in [2.05, 4.69) is 29.6 Å². The third-order valence-corrected chi connectivity index (χ3v) is 4.71. The number of aliphatic hydroxyl groups is 1. The number of aliphatic hydroxyl groups excluding tert-OH is 1. The van der Waals surface area contributed by atoms with Crippen molar-refractivity contribution in [2.24, 2.45) is 11.8 Å². The van der Waals surface area contributed by atoms with Gasteiger partial charge in [-0.1, -0.05) is 43.7 Å². The van der Waals surface area contributed by atoms with Gasteiger partial charge in [0.15, 0.2) is 0 Å². The maximum atomic E-state index is 12.1. The molecule has 1 aromatic carbocycles. The Morgan fingerprint density at radius 2 is 2.09 bits per heavy atom. The van der Waals surface area contributed by atoms with Crippen molar-refractivity contribution in [2.45, 2.75) is 58.0 Å². The number of carbonyl (C=O) groups excluding carboxylic acids is 1. The zero-order valence-electron chi connectivity index (χ0n) is 13.6. The Bertz CT molecular complexity index is 446. The minimum absolute atomic E-state index is 0.0669. The summed E-state index contributed by atoms with van der Waals surface area (Å²) < 4.78 is 0. The summed E-state index contributed by atoms with van der Waals surface area (Å²) in [5, 5.41) is 12.7. The van der Waals surface area contributed by atoms with Gasteiger partial charge in [-0.25, -0.2) is 0 Å². The first-order chi connectivity index (χ1) is 10.6. The van der Waals surface area contributed by atoms with E-state index in [0.29, 0.717) is 5.92 Å². The van der Waals surface area contributed by atoms with E-state index in [-0.39, 0.29) is 17.9 Å². The van der Waals surface area contributed by atoms with Crippen molar-refractivity contribution >= 4 is 5.91 Å².